The van der Waals surface area contributed by atoms with Crippen LogP contribution in [0.15, 0.2) is 42.5 Å². The minimum Gasteiger partial charge on any atom is -0.491 e. The fraction of sp³-hybridized carbons (Fsp3) is 0.391. The van der Waals surface area contributed by atoms with Crippen LogP contribution < -0.4 is 20.3 Å². The van der Waals surface area contributed by atoms with Gasteiger partial charge in [-0.1, -0.05) is 6.92 Å². The van der Waals surface area contributed by atoms with E-state index in [2.05, 4.69) is 10.6 Å². The maximum absolute atomic E-state index is 13.3. The molecule has 1 fully saturated rings. The van der Waals surface area contributed by atoms with E-state index in [1.165, 1.54) is 6.07 Å². The Morgan fingerprint density at radius 1 is 1.18 bits per heavy atom. The van der Waals surface area contributed by atoms with Crippen LogP contribution in [0.4, 0.5) is 24.5 Å². The summed E-state index contributed by atoms with van der Waals surface area (Å²) < 4.78 is 50.8. The molecule has 2 N–H and O–H groups in total. The first kappa shape index (κ1) is 24.8. The number of morpholine rings is 1. The molecule has 6 nitrogen and oxygen atoms in total. The highest BCUT2D eigenvalue weighted by molar-refractivity contribution is 7.80. The second kappa shape index (κ2) is 10.8. The molecule has 2 aromatic rings. The SMILES string of the molecule is CCC(C)Oc1ccc(C(=O)NC(=S)Nc2cc(C(F)(F)F)ccc2N2CCOCC2)cc1. The van der Waals surface area contributed by atoms with E-state index in [0.717, 1.165) is 18.6 Å². The van der Waals surface area contributed by atoms with Gasteiger partial charge in [0.2, 0.25) is 0 Å². The van der Waals surface area contributed by atoms with Gasteiger partial charge in [-0.05, 0) is 68.0 Å². The lowest BCUT2D eigenvalue weighted by atomic mass is 10.1. The summed E-state index contributed by atoms with van der Waals surface area (Å²) in [6.45, 7) is 5.96. The summed E-state index contributed by atoms with van der Waals surface area (Å²) in [6, 6.07) is 9.97. The molecule has 0 aromatic heterocycles. The minimum absolute atomic E-state index is 0.0505. The van der Waals surface area contributed by atoms with Gasteiger partial charge in [-0.2, -0.15) is 13.2 Å². The first-order valence-electron chi connectivity index (χ1n) is 10.6. The molecular weight excluding hydrogens is 455 g/mol. The summed E-state index contributed by atoms with van der Waals surface area (Å²) in [5.41, 5.74) is 0.241. The molecule has 10 heteroatoms. The maximum atomic E-state index is 13.3. The number of benzene rings is 2. The first-order valence-corrected chi connectivity index (χ1v) is 11.0. The number of hydrogen-bond donors (Lipinski definition) is 2. The molecule has 1 heterocycles. The number of carbonyl (C=O) groups is 1. The van der Waals surface area contributed by atoms with Crippen molar-refractivity contribution >= 4 is 34.6 Å². The van der Waals surface area contributed by atoms with Crippen molar-refractivity contribution < 1.29 is 27.4 Å². The quantitative estimate of drug-likeness (QED) is 0.576. The first-order chi connectivity index (χ1) is 15.7. The highest BCUT2D eigenvalue weighted by atomic mass is 32.1. The summed E-state index contributed by atoms with van der Waals surface area (Å²) in [7, 11) is 0. The van der Waals surface area contributed by atoms with Crippen molar-refractivity contribution in [2.24, 2.45) is 0 Å². The number of thiocarbonyl (C=S) groups is 1. The maximum Gasteiger partial charge on any atom is 0.416 e. The van der Waals surface area contributed by atoms with Gasteiger partial charge in [-0.25, -0.2) is 0 Å². The number of nitrogens with one attached hydrogen (secondary N) is 2. The van der Waals surface area contributed by atoms with Crippen LogP contribution in [-0.4, -0.2) is 43.4 Å². The molecule has 0 saturated carbocycles. The van der Waals surface area contributed by atoms with Crippen molar-refractivity contribution in [3.8, 4) is 5.75 Å². The molecule has 2 aromatic carbocycles. The number of carbonyl (C=O) groups excluding carboxylic acids is 1. The van der Waals surface area contributed by atoms with Gasteiger partial charge >= 0.3 is 6.18 Å². The number of hydrogen-bond acceptors (Lipinski definition) is 5. The standard InChI is InChI=1S/C23H26F3N3O3S/c1-3-15(2)32-18-7-4-16(5-8-18)21(30)28-22(33)27-19-14-17(23(24,25)26)6-9-20(19)29-10-12-31-13-11-29/h4-9,14-15H,3,10-13H2,1-2H3,(H2,27,28,30,33). The van der Waals surface area contributed by atoms with E-state index in [1.54, 1.807) is 24.3 Å². The van der Waals surface area contributed by atoms with Crippen LogP contribution in [0.1, 0.15) is 36.2 Å². The van der Waals surface area contributed by atoms with E-state index in [9.17, 15) is 18.0 Å². The van der Waals surface area contributed by atoms with Gasteiger partial charge in [-0.3, -0.25) is 10.1 Å². The highest BCUT2D eigenvalue weighted by Gasteiger charge is 2.31. The minimum atomic E-state index is -4.51. The zero-order valence-electron chi connectivity index (χ0n) is 18.4. The summed E-state index contributed by atoms with van der Waals surface area (Å²) in [5, 5.41) is 5.18. The molecule has 178 valence electrons. The van der Waals surface area contributed by atoms with E-state index in [0.29, 0.717) is 43.3 Å². The molecule has 1 aliphatic rings. The molecule has 1 saturated heterocycles. The molecule has 1 atom stereocenters. The highest BCUT2D eigenvalue weighted by Crippen LogP contribution is 2.35. The van der Waals surface area contributed by atoms with Crippen LogP contribution >= 0.6 is 12.2 Å². The molecule has 1 unspecified atom stereocenters. The van der Waals surface area contributed by atoms with E-state index < -0.39 is 17.6 Å². The predicted molar refractivity (Wildman–Crippen MR) is 125 cm³/mol. The average Bonchev–Trinajstić information content (AvgIpc) is 2.79. The van der Waals surface area contributed by atoms with E-state index in [1.807, 2.05) is 18.7 Å². The smallest absolute Gasteiger partial charge is 0.416 e. The number of alkyl halides is 3. The van der Waals surface area contributed by atoms with Gasteiger partial charge in [0.25, 0.3) is 5.91 Å². The number of anilines is 2. The molecule has 1 aliphatic heterocycles. The second-order valence-electron chi connectivity index (χ2n) is 7.60. The lowest BCUT2D eigenvalue weighted by Gasteiger charge is -2.31. The molecule has 0 bridgehead atoms. The van der Waals surface area contributed by atoms with Gasteiger partial charge in [0.1, 0.15) is 5.75 Å². The molecule has 0 spiro atoms. The number of halogens is 3. The Hall–Kier alpha value is -2.85. The third-order valence-electron chi connectivity index (χ3n) is 5.18. The summed E-state index contributed by atoms with van der Waals surface area (Å²) in [6.07, 6.45) is -3.61. The van der Waals surface area contributed by atoms with E-state index in [-0.39, 0.29) is 16.9 Å². The molecule has 1 amide bonds. The van der Waals surface area contributed by atoms with Gasteiger partial charge in [0, 0.05) is 18.7 Å². The van der Waals surface area contributed by atoms with Gasteiger partial charge in [-0.15, -0.1) is 0 Å². The molecule has 0 radical (unpaired) electrons. The zero-order chi connectivity index (χ0) is 24.0. The fourth-order valence-corrected chi connectivity index (χ4v) is 3.42. The largest absolute Gasteiger partial charge is 0.491 e. The third-order valence-corrected chi connectivity index (χ3v) is 5.38. The predicted octanol–water partition coefficient (Wildman–Crippen LogP) is 4.85. The Kier molecular flexibility index (Phi) is 8.15. The van der Waals surface area contributed by atoms with Crippen molar-refractivity contribution in [1.29, 1.82) is 0 Å². The number of ether oxygens (including phenoxy) is 2. The van der Waals surface area contributed by atoms with Crippen LogP contribution in [-0.2, 0) is 10.9 Å². The number of amides is 1. The van der Waals surface area contributed by atoms with E-state index in [4.69, 9.17) is 21.7 Å². The molecule has 3 rings (SSSR count). The van der Waals surface area contributed by atoms with Crippen LogP contribution in [0.5, 0.6) is 5.75 Å². The Balaban J connectivity index is 1.72. The third kappa shape index (κ3) is 6.82. The van der Waals surface area contributed by atoms with Crippen molar-refractivity contribution in [1.82, 2.24) is 5.32 Å². The lowest BCUT2D eigenvalue weighted by Crippen LogP contribution is -2.38. The van der Waals surface area contributed by atoms with Crippen molar-refractivity contribution in [3.63, 3.8) is 0 Å². The summed E-state index contributed by atoms with van der Waals surface area (Å²) in [5.74, 6) is 0.156. The molecule has 33 heavy (non-hydrogen) atoms. The number of nitrogens with zero attached hydrogens (tertiary/aromatic N) is 1. The van der Waals surface area contributed by atoms with E-state index >= 15 is 0 Å². The normalized spacial score (nSPS) is 15.0. The van der Waals surface area contributed by atoms with Crippen LogP contribution in [0, 0.1) is 0 Å². The van der Waals surface area contributed by atoms with Gasteiger partial charge < -0.3 is 19.7 Å². The van der Waals surface area contributed by atoms with Crippen LogP contribution in [0.25, 0.3) is 0 Å². The monoisotopic (exact) mass is 481 g/mol. The topological polar surface area (TPSA) is 62.8 Å². The fourth-order valence-electron chi connectivity index (χ4n) is 3.22. The van der Waals surface area contributed by atoms with Crippen LogP contribution in [0.3, 0.4) is 0 Å². The number of rotatable bonds is 6. The van der Waals surface area contributed by atoms with Gasteiger partial charge in [0.15, 0.2) is 5.11 Å². The Morgan fingerprint density at radius 3 is 2.45 bits per heavy atom. The summed E-state index contributed by atoms with van der Waals surface area (Å²) in [4.78, 5) is 14.5. The average molecular weight is 482 g/mol. The summed E-state index contributed by atoms with van der Waals surface area (Å²) >= 11 is 5.22. The second-order valence-corrected chi connectivity index (χ2v) is 8.01. The Morgan fingerprint density at radius 2 is 1.85 bits per heavy atom. The lowest BCUT2D eigenvalue weighted by molar-refractivity contribution is -0.137. The Bertz CT molecular complexity index is 977. The van der Waals surface area contributed by atoms with Crippen LogP contribution in [0.2, 0.25) is 0 Å². The Labute approximate surface area is 196 Å². The van der Waals surface area contributed by atoms with Crippen molar-refractivity contribution in [2.45, 2.75) is 32.5 Å². The van der Waals surface area contributed by atoms with Crippen molar-refractivity contribution in [2.75, 3.05) is 36.5 Å². The molecule has 0 aliphatic carbocycles. The van der Waals surface area contributed by atoms with Crippen molar-refractivity contribution in [3.05, 3.63) is 53.6 Å². The van der Waals surface area contributed by atoms with Gasteiger partial charge in [0.05, 0.1) is 36.3 Å². The molecular formula is C23H26F3N3O3S. The zero-order valence-corrected chi connectivity index (χ0v) is 19.2.